The Morgan fingerprint density at radius 3 is 2.56 bits per heavy atom. The molecule has 0 bridgehead atoms. The van der Waals surface area contributed by atoms with Gasteiger partial charge in [0.15, 0.2) is 0 Å². The standard InChI is InChI=1S/C5H6N2S.Na/c6-5-3-4(8)1-2-7-5;/h1-3H,(H3,6,7,8);/q;+1/p-1. The summed E-state index contributed by atoms with van der Waals surface area (Å²) in [5.41, 5.74) is 5.28. The van der Waals surface area contributed by atoms with E-state index in [1.165, 1.54) is 0 Å². The van der Waals surface area contributed by atoms with E-state index < -0.39 is 0 Å². The van der Waals surface area contributed by atoms with Gasteiger partial charge in [-0.3, -0.25) is 0 Å². The normalized spacial score (nSPS) is 8.00. The Labute approximate surface area is 81.6 Å². The van der Waals surface area contributed by atoms with Gasteiger partial charge in [0.05, 0.1) is 0 Å². The summed E-state index contributed by atoms with van der Waals surface area (Å²) in [5.74, 6) is 0.484. The van der Waals surface area contributed by atoms with Crippen molar-refractivity contribution >= 4 is 18.4 Å². The number of hydrogen-bond donors (Lipinski definition) is 1. The van der Waals surface area contributed by atoms with Crippen molar-refractivity contribution in [3.63, 3.8) is 0 Å². The van der Waals surface area contributed by atoms with Crippen LogP contribution in [0.4, 0.5) is 5.82 Å². The van der Waals surface area contributed by atoms with Gasteiger partial charge in [-0.1, -0.05) is 6.07 Å². The zero-order valence-corrected chi connectivity index (χ0v) is 7.98. The number of hydrogen-bond acceptors (Lipinski definition) is 3. The molecule has 9 heavy (non-hydrogen) atoms. The molecule has 42 valence electrons. The molecular weight excluding hydrogens is 143 g/mol. The average molecular weight is 148 g/mol. The van der Waals surface area contributed by atoms with Crippen molar-refractivity contribution in [2.24, 2.45) is 0 Å². The molecule has 0 aliphatic rings. The fraction of sp³-hybridized carbons (Fsp3) is 0. The van der Waals surface area contributed by atoms with E-state index in [-0.39, 0.29) is 29.6 Å². The topological polar surface area (TPSA) is 38.9 Å². The van der Waals surface area contributed by atoms with Crippen molar-refractivity contribution in [3.05, 3.63) is 18.3 Å². The zero-order chi connectivity index (χ0) is 5.98. The first-order valence-corrected chi connectivity index (χ1v) is 2.58. The average Bonchev–Trinajstić information content (AvgIpc) is 1.64. The van der Waals surface area contributed by atoms with E-state index in [0.29, 0.717) is 5.82 Å². The van der Waals surface area contributed by atoms with E-state index in [0.717, 1.165) is 4.90 Å². The van der Waals surface area contributed by atoms with Crippen LogP contribution in [0, 0.1) is 0 Å². The number of nitrogens with zero attached hydrogens (tertiary/aromatic N) is 1. The van der Waals surface area contributed by atoms with Crippen LogP contribution in [-0.2, 0) is 12.6 Å². The fourth-order valence-corrected chi connectivity index (χ4v) is 0.610. The number of pyridine rings is 1. The van der Waals surface area contributed by atoms with Crippen LogP contribution in [0.1, 0.15) is 0 Å². The van der Waals surface area contributed by atoms with E-state index in [1.54, 1.807) is 18.3 Å². The largest absolute Gasteiger partial charge is 1.00 e. The SMILES string of the molecule is Nc1cc([S-])ccn1.[Na+]. The molecule has 0 aliphatic carbocycles. The summed E-state index contributed by atoms with van der Waals surface area (Å²) in [6.45, 7) is 0. The second-order valence-electron chi connectivity index (χ2n) is 1.42. The third-order valence-corrected chi connectivity index (χ3v) is 1.01. The molecule has 4 heteroatoms. The van der Waals surface area contributed by atoms with Crippen LogP contribution in [0.25, 0.3) is 0 Å². The molecule has 0 amide bonds. The van der Waals surface area contributed by atoms with Gasteiger partial charge in [-0.25, -0.2) is 4.98 Å². The van der Waals surface area contributed by atoms with Crippen LogP contribution in [0.2, 0.25) is 0 Å². The molecule has 1 aromatic heterocycles. The van der Waals surface area contributed by atoms with Gasteiger partial charge >= 0.3 is 29.6 Å². The molecular formula is C5H5N2NaS. The maximum atomic E-state index is 5.28. The molecule has 0 fully saturated rings. The monoisotopic (exact) mass is 148 g/mol. The number of rotatable bonds is 0. The molecule has 0 atom stereocenters. The van der Waals surface area contributed by atoms with Crippen LogP contribution in [0.15, 0.2) is 23.2 Å². The predicted octanol–water partition coefficient (Wildman–Crippen LogP) is -2.43. The number of nitrogen functional groups attached to an aromatic ring is 1. The van der Waals surface area contributed by atoms with E-state index in [4.69, 9.17) is 18.4 Å². The molecule has 1 aromatic rings. The van der Waals surface area contributed by atoms with Crippen molar-refractivity contribution in [2.45, 2.75) is 4.90 Å². The summed E-state index contributed by atoms with van der Waals surface area (Å²) in [5, 5.41) is 0. The maximum Gasteiger partial charge on any atom is 1.00 e. The van der Waals surface area contributed by atoms with Crippen molar-refractivity contribution in [1.82, 2.24) is 4.98 Å². The minimum absolute atomic E-state index is 0. The molecule has 1 heterocycles. The quantitative estimate of drug-likeness (QED) is 0.328. The first-order chi connectivity index (χ1) is 3.79. The minimum Gasteiger partial charge on any atom is -0.780 e. The summed E-state index contributed by atoms with van der Waals surface area (Å²) in [6.07, 6.45) is 1.59. The van der Waals surface area contributed by atoms with Crippen LogP contribution in [0.5, 0.6) is 0 Å². The van der Waals surface area contributed by atoms with Gasteiger partial charge in [0.2, 0.25) is 0 Å². The summed E-state index contributed by atoms with van der Waals surface area (Å²) in [7, 11) is 0. The van der Waals surface area contributed by atoms with Crippen molar-refractivity contribution < 1.29 is 29.6 Å². The first-order valence-electron chi connectivity index (χ1n) is 2.17. The van der Waals surface area contributed by atoms with Gasteiger partial charge in [0.25, 0.3) is 0 Å². The number of nitrogens with two attached hydrogens (primary N) is 1. The van der Waals surface area contributed by atoms with E-state index in [2.05, 4.69) is 4.98 Å². The fourth-order valence-electron chi connectivity index (χ4n) is 0.428. The van der Waals surface area contributed by atoms with Crippen LogP contribution in [-0.4, -0.2) is 4.98 Å². The molecule has 0 spiro atoms. The van der Waals surface area contributed by atoms with E-state index >= 15 is 0 Å². The van der Waals surface area contributed by atoms with Crippen LogP contribution >= 0.6 is 0 Å². The van der Waals surface area contributed by atoms with Gasteiger partial charge < -0.3 is 18.4 Å². The zero-order valence-electron chi connectivity index (χ0n) is 5.16. The molecule has 0 aliphatic heterocycles. The van der Waals surface area contributed by atoms with Gasteiger partial charge in [-0.2, -0.15) is 4.90 Å². The third kappa shape index (κ3) is 3.01. The van der Waals surface area contributed by atoms with Crippen LogP contribution < -0.4 is 35.3 Å². The number of anilines is 1. The molecule has 0 saturated carbocycles. The Morgan fingerprint density at radius 1 is 1.56 bits per heavy atom. The van der Waals surface area contributed by atoms with Gasteiger partial charge in [-0.15, -0.1) is 0 Å². The molecule has 0 unspecified atom stereocenters. The third-order valence-electron chi connectivity index (χ3n) is 0.753. The van der Waals surface area contributed by atoms with Gasteiger partial charge in [0, 0.05) is 6.20 Å². The van der Waals surface area contributed by atoms with Gasteiger partial charge in [-0.05, 0) is 6.07 Å². The number of aromatic nitrogens is 1. The first kappa shape index (κ1) is 9.17. The van der Waals surface area contributed by atoms with Gasteiger partial charge in [0.1, 0.15) is 5.82 Å². The second-order valence-corrected chi connectivity index (χ2v) is 1.89. The Hall–Kier alpha value is 0.170. The summed E-state index contributed by atoms with van der Waals surface area (Å²) in [6, 6.07) is 3.38. The summed E-state index contributed by atoms with van der Waals surface area (Å²) < 4.78 is 0. The maximum absolute atomic E-state index is 5.28. The molecule has 2 N–H and O–H groups in total. The predicted molar refractivity (Wildman–Crippen MR) is 34.3 cm³/mol. The molecule has 1 rings (SSSR count). The van der Waals surface area contributed by atoms with Crippen LogP contribution in [0.3, 0.4) is 0 Å². The molecule has 0 saturated heterocycles. The molecule has 0 radical (unpaired) electrons. The molecule has 2 nitrogen and oxygen atoms in total. The smallest absolute Gasteiger partial charge is 0.780 e. The van der Waals surface area contributed by atoms with Crippen molar-refractivity contribution in [2.75, 3.05) is 5.73 Å². The van der Waals surface area contributed by atoms with E-state index in [1.807, 2.05) is 0 Å². The second kappa shape index (κ2) is 4.06. The Kier molecular flexibility index (Phi) is 4.14. The Bertz CT molecular complexity index is 175. The molecule has 0 aromatic carbocycles. The minimum atomic E-state index is 0. The summed E-state index contributed by atoms with van der Waals surface area (Å²) in [4.78, 5) is 4.48. The van der Waals surface area contributed by atoms with Crippen molar-refractivity contribution in [1.29, 1.82) is 0 Å². The van der Waals surface area contributed by atoms with E-state index in [9.17, 15) is 0 Å². The Morgan fingerprint density at radius 2 is 2.22 bits per heavy atom. The van der Waals surface area contributed by atoms with Crippen molar-refractivity contribution in [3.8, 4) is 0 Å². The summed E-state index contributed by atoms with van der Waals surface area (Å²) >= 11 is 4.78. The Balaban J connectivity index is 0.000000640.